The van der Waals surface area contributed by atoms with Crippen LogP contribution in [-0.2, 0) is 9.59 Å². The smallest absolute Gasteiger partial charge is 0.305 e. The van der Waals surface area contributed by atoms with Crippen LogP contribution >= 0.6 is 23.2 Å². The number of pyridine rings is 2. The summed E-state index contributed by atoms with van der Waals surface area (Å²) in [7, 11) is 3.07. The minimum absolute atomic E-state index is 0.120. The van der Waals surface area contributed by atoms with Crippen LogP contribution < -0.4 is 20.1 Å². The quantitative estimate of drug-likeness (QED) is 0.0828. The molecule has 0 aliphatic rings. The summed E-state index contributed by atoms with van der Waals surface area (Å²) < 4.78 is 10.7. The van der Waals surface area contributed by atoms with Crippen molar-refractivity contribution in [2.24, 2.45) is 0 Å². The van der Waals surface area contributed by atoms with Crippen molar-refractivity contribution in [3.8, 4) is 34.0 Å². The molecule has 0 bridgehead atoms. The summed E-state index contributed by atoms with van der Waals surface area (Å²) >= 11 is 12.1. The number of aryl methyl sites for hydroxylation is 1. The van der Waals surface area contributed by atoms with Gasteiger partial charge in [-0.05, 0) is 60.0 Å². The number of aromatic nitrogens is 2. The van der Waals surface area contributed by atoms with Crippen LogP contribution in [-0.4, -0.2) is 58.2 Å². The van der Waals surface area contributed by atoms with E-state index in [-0.39, 0.29) is 29.3 Å². The van der Waals surface area contributed by atoms with Crippen molar-refractivity contribution in [2.45, 2.75) is 31.8 Å². The monoisotopic (exact) mass is 834 g/mol. The highest BCUT2D eigenvalue weighted by atomic mass is 35.5. The lowest BCUT2D eigenvalue weighted by atomic mass is 9.98. The molecule has 0 aliphatic carbocycles. The van der Waals surface area contributed by atoms with Crippen molar-refractivity contribution in [1.29, 1.82) is 0 Å². The molecular formula is C45H40Cl2N4O8. The molecule has 302 valence electrons. The van der Waals surface area contributed by atoms with Gasteiger partial charge in [0.2, 0.25) is 0 Å². The molecule has 0 saturated carbocycles. The highest BCUT2D eigenvalue weighted by Gasteiger charge is 2.24. The molecule has 2 atom stereocenters. The van der Waals surface area contributed by atoms with E-state index in [1.807, 2.05) is 91.9 Å². The van der Waals surface area contributed by atoms with Gasteiger partial charge in [0.1, 0.15) is 34.3 Å². The molecule has 6 aromatic rings. The van der Waals surface area contributed by atoms with Crippen LogP contribution in [0, 0.1) is 6.92 Å². The number of carbonyl (C=O) groups is 4. The van der Waals surface area contributed by atoms with Gasteiger partial charge in [0.25, 0.3) is 11.8 Å². The number of carbonyl (C=O) groups excluding carboxylic acids is 2. The lowest BCUT2D eigenvalue weighted by Crippen LogP contribution is -2.31. The van der Waals surface area contributed by atoms with Gasteiger partial charge in [-0.25, -0.2) is 9.97 Å². The number of halogens is 2. The van der Waals surface area contributed by atoms with Gasteiger partial charge in [0, 0.05) is 21.2 Å². The first kappa shape index (κ1) is 43.4. The number of rotatable bonds is 14. The Kier molecular flexibility index (Phi) is 15.1. The van der Waals surface area contributed by atoms with E-state index < -0.39 is 35.8 Å². The molecule has 0 radical (unpaired) electrons. The first-order valence-corrected chi connectivity index (χ1v) is 18.9. The molecule has 2 amide bonds. The van der Waals surface area contributed by atoms with E-state index in [9.17, 15) is 29.4 Å². The fourth-order valence-electron chi connectivity index (χ4n) is 6.13. The van der Waals surface area contributed by atoms with Gasteiger partial charge in [-0.2, -0.15) is 0 Å². The minimum atomic E-state index is -1.08. The van der Waals surface area contributed by atoms with Crippen molar-refractivity contribution in [2.75, 3.05) is 14.2 Å². The maximum Gasteiger partial charge on any atom is 0.305 e. The number of methoxy groups -OCH3 is 2. The molecule has 59 heavy (non-hydrogen) atoms. The molecule has 2 aromatic heterocycles. The summed E-state index contributed by atoms with van der Waals surface area (Å²) in [6.45, 7) is 1.88. The van der Waals surface area contributed by atoms with Gasteiger partial charge in [-0.15, -0.1) is 0 Å². The van der Waals surface area contributed by atoms with Crippen LogP contribution in [0.2, 0.25) is 10.0 Å². The first-order chi connectivity index (χ1) is 28.4. The Balaban J connectivity index is 0.000000224. The molecular weight excluding hydrogens is 795 g/mol. The molecule has 12 nitrogen and oxygen atoms in total. The predicted octanol–water partition coefficient (Wildman–Crippen LogP) is 9.02. The third-order valence-electron chi connectivity index (χ3n) is 8.99. The third-order valence-corrected chi connectivity index (χ3v) is 9.55. The van der Waals surface area contributed by atoms with Gasteiger partial charge in [0.15, 0.2) is 0 Å². The average Bonchev–Trinajstić information content (AvgIpc) is 3.23. The van der Waals surface area contributed by atoms with E-state index >= 15 is 0 Å². The minimum Gasteiger partial charge on any atom is -0.494 e. The van der Waals surface area contributed by atoms with Crippen LogP contribution in [0.15, 0.2) is 127 Å². The maximum atomic E-state index is 12.9. The van der Waals surface area contributed by atoms with E-state index in [1.54, 1.807) is 37.4 Å². The Morgan fingerprint density at radius 2 is 1.03 bits per heavy atom. The molecule has 2 heterocycles. The summed E-state index contributed by atoms with van der Waals surface area (Å²) in [4.78, 5) is 57.4. The lowest BCUT2D eigenvalue weighted by Gasteiger charge is -2.19. The highest BCUT2D eigenvalue weighted by molar-refractivity contribution is 6.35. The summed E-state index contributed by atoms with van der Waals surface area (Å²) in [6, 6.07) is 35.7. The van der Waals surface area contributed by atoms with E-state index in [4.69, 9.17) is 32.7 Å². The van der Waals surface area contributed by atoms with Gasteiger partial charge in [0.05, 0.1) is 39.1 Å². The number of carboxylic acids is 2. The fraction of sp³-hybridized carbons (Fsp3) is 0.156. The highest BCUT2D eigenvalue weighted by Crippen LogP contribution is 2.31. The number of aliphatic carboxylic acids is 2. The third kappa shape index (κ3) is 11.7. The predicted molar refractivity (Wildman–Crippen MR) is 225 cm³/mol. The number of amides is 2. The summed E-state index contributed by atoms with van der Waals surface area (Å²) in [6.07, 6.45) is -0.576. The van der Waals surface area contributed by atoms with Crippen LogP contribution in [0.25, 0.3) is 22.5 Å². The topological polar surface area (TPSA) is 177 Å². The van der Waals surface area contributed by atoms with Crippen LogP contribution in [0.5, 0.6) is 11.5 Å². The SMILES string of the molecule is COc1ccc(C(=O)N[C@@H](CC(=O)O)c2ccc(Cl)cc2Cl)nc1-c1ccccc1.COc1ccc(C(=O)N[C@@H](CC(=O)O)c2ccccc2C)nc1-c1ccccc1. The molecule has 0 aliphatic heterocycles. The number of carboxylic acid groups (broad SMARTS) is 2. The van der Waals surface area contributed by atoms with Gasteiger partial charge in [-0.1, -0.05) is 114 Å². The average molecular weight is 836 g/mol. The number of hydrogen-bond acceptors (Lipinski definition) is 8. The zero-order chi connectivity index (χ0) is 42.5. The summed E-state index contributed by atoms with van der Waals surface area (Å²) in [5.74, 6) is -1.99. The Morgan fingerprint density at radius 3 is 1.46 bits per heavy atom. The van der Waals surface area contributed by atoms with E-state index in [0.717, 1.165) is 22.3 Å². The summed E-state index contributed by atoms with van der Waals surface area (Å²) in [5, 5.41) is 24.8. The van der Waals surface area contributed by atoms with E-state index in [0.29, 0.717) is 33.5 Å². The standard InChI is InChI=1S/C23H22N2O4.C22H18Cl2N2O4/c1-15-8-6-7-11-17(15)19(14-21(26)27)25-23(28)18-12-13-20(29-2)22(24-18)16-9-4-3-5-10-16;1-30-19-10-9-17(25-21(19)13-5-3-2-4-6-13)22(29)26-18(12-20(27)28)15-8-7-14(23)11-16(15)24/h3-13,19H,14H2,1-2H3,(H,25,28)(H,26,27);2-11,18H,12H2,1H3,(H,26,29)(H,27,28)/t19-;18-/m00/s1. The normalized spacial score (nSPS) is 11.5. The van der Waals surface area contributed by atoms with Crippen LogP contribution in [0.3, 0.4) is 0 Å². The summed E-state index contributed by atoms with van der Waals surface area (Å²) in [5.41, 5.74) is 5.09. The van der Waals surface area contributed by atoms with Crippen molar-refractivity contribution in [3.63, 3.8) is 0 Å². The Labute approximate surface area is 350 Å². The van der Waals surface area contributed by atoms with Crippen molar-refractivity contribution >= 4 is 47.0 Å². The largest absolute Gasteiger partial charge is 0.494 e. The first-order valence-electron chi connectivity index (χ1n) is 18.1. The molecule has 0 saturated heterocycles. The van der Waals surface area contributed by atoms with Gasteiger partial charge < -0.3 is 30.3 Å². The number of benzene rings is 4. The zero-order valence-electron chi connectivity index (χ0n) is 32.2. The second-order valence-electron chi connectivity index (χ2n) is 13.0. The Hall–Kier alpha value is -6.76. The second-order valence-corrected chi connectivity index (χ2v) is 13.8. The fourth-order valence-corrected chi connectivity index (χ4v) is 6.67. The number of hydrogen-bond donors (Lipinski definition) is 4. The molecule has 6 rings (SSSR count). The molecule has 0 fully saturated rings. The Bertz CT molecular complexity index is 2430. The van der Waals surface area contributed by atoms with Gasteiger partial charge >= 0.3 is 11.9 Å². The second kappa shape index (κ2) is 20.6. The molecule has 14 heteroatoms. The molecule has 0 unspecified atom stereocenters. The molecule has 4 aromatic carbocycles. The Morgan fingerprint density at radius 1 is 0.593 bits per heavy atom. The zero-order valence-corrected chi connectivity index (χ0v) is 33.7. The molecule has 0 spiro atoms. The maximum absolute atomic E-state index is 12.9. The lowest BCUT2D eigenvalue weighted by molar-refractivity contribution is -0.138. The van der Waals surface area contributed by atoms with Crippen molar-refractivity contribution in [3.05, 3.63) is 166 Å². The number of ether oxygens (including phenoxy) is 2. The van der Waals surface area contributed by atoms with E-state index in [1.165, 1.54) is 19.2 Å². The van der Waals surface area contributed by atoms with Crippen LogP contribution in [0.4, 0.5) is 0 Å². The number of nitrogens with one attached hydrogen (secondary N) is 2. The van der Waals surface area contributed by atoms with Gasteiger partial charge in [-0.3, -0.25) is 19.2 Å². The number of nitrogens with zero attached hydrogens (tertiary/aromatic N) is 2. The van der Waals surface area contributed by atoms with Crippen LogP contribution in [0.1, 0.15) is 62.6 Å². The van der Waals surface area contributed by atoms with Crippen molar-refractivity contribution < 1.29 is 38.9 Å². The molecule has 4 N–H and O–H groups in total. The van der Waals surface area contributed by atoms with E-state index in [2.05, 4.69) is 20.6 Å². The van der Waals surface area contributed by atoms with Crippen molar-refractivity contribution in [1.82, 2.24) is 20.6 Å².